The minimum atomic E-state index is 0.0120. The maximum atomic E-state index is 12.5. The second kappa shape index (κ2) is 7.00. The monoisotopic (exact) mass is 358 g/mol. The molecule has 2 amide bonds. The van der Waals surface area contributed by atoms with Crippen LogP contribution in [-0.2, 0) is 11.2 Å². The Labute approximate surface area is 150 Å². The zero-order chi connectivity index (χ0) is 17.2. The van der Waals surface area contributed by atoms with E-state index in [1.54, 1.807) is 23.6 Å². The van der Waals surface area contributed by atoms with Gasteiger partial charge in [0, 0.05) is 43.2 Å². The number of thiophene rings is 1. The summed E-state index contributed by atoms with van der Waals surface area (Å²) in [6, 6.07) is 6.17. The van der Waals surface area contributed by atoms with Gasteiger partial charge in [0.25, 0.3) is 5.91 Å². The van der Waals surface area contributed by atoms with Crippen LogP contribution in [0, 0.1) is 5.92 Å². The van der Waals surface area contributed by atoms with E-state index >= 15 is 0 Å². The first-order valence-electron chi connectivity index (χ1n) is 8.83. The molecule has 2 aromatic heterocycles. The van der Waals surface area contributed by atoms with Crippen molar-refractivity contribution in [2.45, 2.75) is 31.7 Å². The van der Waals surface area contributed by atoms with Gasteiger partial charge in [-0.15, -0.1) is 11.3 Å². The largest absolute Gasteiger partial charge is 0.339 e. The fourth-order valence-electron chi connectivity index (χ4n) is 4.06. The number of aromatic amines is 1. The van der Waals surface area contributed by atoms with E-state index in [9.17, 15) is 9.59 Å². The van der Waals surface area contributed by atoms with Gasteiger partial charge in [0.2, 0.25) is 5.91 Å². The number of nitrogens with one attached hydrogen (secondary N) is 1. The van der Waals surface area contributed by atoms with Gasteiger partial charge in [0.1, 0.15) is 5.69 Å². The lowest BCUT2D eigenvalue weighted by Gasteiger charge is -2.47. The van der Waals surface area contributed by atoms with Crippen LogP contribution < -0.4 is 0 Å². The lowest BCUT2D eigenvalue weighted by Crippen LogP contribution is -2.57. The SMILES string of the molecule is O=C(c1ccn[nH]1)N1CC[C@@H]2[C@@H](CCC(=O)N2CCc2cccs2)C1. The molecule has 1 N–H and O–H groups in total. The fraction of sp³-hybridized carbons (Fsp3) is 0.500. The zero-order valence-corrected chi connectivity index (χ0v) is 14.9. The molecule has 4 heterocycles. The summed E-state index contributed by atoms with van der Waals surface area (Å²) in [6.07, 6.45) is 4.86. The van der Waals surface area contributed by atoms with E-state index in [1.807, 2.05) is 4.90 Å². The molecule has 0 radical (unpaired) electrons. The Bertz CT molecular complexity index is 728. The maximum Gasteiger partial charge on any atom is 0.271 e. The standard InChI is InChI=1S/C18H22N4O2S/c23-17-4-3-13-12-21(18(24)15-5-8-19-20-15)9-7-16(13)22(17)10-6-14-2-1-11-25-14/h1-2,5,8,11,13,16H,3-4,6-7,9-10,12H2,(H,19,20)/t13-,16+/m0/s1. The second-order valence-electron chi connectivity index (χ2n) is 6.79. The molecule has 4 rings (SSSR count). The predicted octanol–water partition coefficient (Wildman–Crippen LogP) is 2.17. The highest BCUT2D eigenvalue weighted by atomic mass is 32.1. The Kier molecular flexibility index (Phi) is 4.57. The molecule has 2 aliphatic heterocycles. The summed E-state index contributed by atoms with van der Waals surface area (Å²) >= 11 is 1.74. The Hall–Kier alpha value is -2.15. The topological polar surface area (TPSA) is 69.3 Å². The van der Waals surface area contributed by atoms with Crippen LogP contribution in [0.5, 0.6) is 0 Å². The third-order valence-electron chi connectivity index (χ3n) is 5.34. The molecule has 25 heavy (non-hydrogen) atoms. The van der Waals surface area contributed by atoms with Crippen molar-refractivity contribution < 1.29 is 9.59 Å². The first-order chi connectivity index (χ1) is 12.2. The van der Waals surface area contributed by atoms with Crippen molar-refractivity contribution in [3.8, 4) is 0 Å². The molecule has 7 heteroatoms. The molecule has 2 aromatic rings. The minimum absolute atomic E-state index is 0.0120. The van der Waals surface area contributed by atoms with Crippen molar-refractivity contribution >= 4 is 23.2 Å². The van der Waals surface area contributed by atoms with Crippen LogP contribution in [-0.4, -0.2) is 57.5 Å². The van der Waals surface area contributed by atoms with Crippen LogP contribution >= 0.6 is 11.3 Å². The van der Waals surface area contributed by atoms with Crippen LogP contribution in [0.4, 0.5) is 0 Å². The van der Waals surface area contributed by atoms with Crippen molar-refractivity contribution in [2.24, 2.45) is 5.92 Å². The van der Waals surface area contributed by atoms with Gasteiger partial charge in [-0.05, 0) is 42.7 Å². The first-order valence-corrected chi connectivity index (χ1v) is 9.71. The molecule has 2 saturated heterocycles. The molecule has 2 atom stereocenters. The number of H-pyrrole nitrogens is 1. The minimum Gasteiger partial charge on any atom is -0.339 e. The average molecular weight is 358 g/mol. The Morgan fingerprint density at radius 2 is 2.28 bits per heavy atom. The summed E-state index contributed by atoms with van der Waals surface area (Å²) < 4.78 is 0. The van der Waals surface area contributed by atoms with E-state index < -0.39 is 0 Å². The Morgan fingerprint density at radius 3 is 3.04 bits per heavy atom. The lowest BCUT2D eigenvalue weighted by atomic mass is 9.83. The molecule has 0 unspecified atom stereocenters. The summed E-state index contributed by atoms with van der Waals surface area (Å²) in [5.74, 6) is 0.658. The van der Waals surface area contributed by atoms with Gasteiger partial charge in [-0.25, -0.2) is 0 Å². The average Bonchev–Trinajstić information content (AvgIpc) is 3.33. The molecule has 6 nitrogen and oxygen atoms in total. The quantitative estimate of drug-likeness (QED) is 0.911. The maximum absolute atomic E-state index is 12.5. The van der Waals surface area contributed by atoms with E-state index in [0.29, 0.717) is 24.6 Å². The van der Waals surface area contributed by atoms with E-state index in [4.69, 9.17) is 0 Å². The lowest BCUT2D eigenvalue weighted by molar-refractivity contribution is -0.140. The number of amides is 2. The Morgan fingerprint density at radius 1 is 1.36 bits per heavy atom. The normalized spacial score (nSPS) is 23.6. The predicted molar refractivity (Wildman–Crippen MR) is 95.4 cm³/mol. The number of hydrogen-bond donors (Lipinski definition) is 1. The van der Waals surface area contributed by atoms with E-state index in [1.165, 1.54) is 4.88 Å². The third kappa shape index (κ3) is 3.33. The van der Waals surface area contributed by atoms with Crippen molar-refractivity contribution in [3.05, 3.63) is 40.3 Å². The number of carbonyl (C=O) groups excluding carboxylic acids is 2. The molecule has 2 fully saturated rings. The van der Waals surface area contributed by atoms with Gasteiger partial charge >= 0.3 is 0 Å². The number of hydrogen-bond acceptors (Lipinski definition) is 4. The highest BCUT2D eigenvalue weighted by Gasteiger charge is 2.40. The molecule has 0 saturated carbocycles. The van der Waals surface area contributed by atoms with Crippen LogP contribution in [0.1, 0.15) is 34.6 Å². The van der Waals surface area contributed by atoms with Gasteiger partial charge in [-0.2, -0.15) is 5.10 Å². The van der Waals surface area contributed by atoms with Crippen molar-refractivity contribution in [1.29, 1.82) is 0 Å². The summed E-state index contributed by atoms with van der Waals surface area (Å²) in [5.41, 5.74) is 0.542. The molecule has 132 valence electrons. The van der Waals surface area contributed by atoms with E-state index in [0.717, 1.165) is 32.4 Å². The number of aromatic nitrogens is 2. The van der Waals surface area contributed by atoms with Crippen molar-refractivity contribution in [2.75, 3.05) is 19.6 Å². The second-order valence-corrected chi connectivity index (χ2v) is 7.83. The molecule has 0 aromatic carbocycles. The Balaban J connectivity index is 1.41. The van der Waals surface area contributed by atoms with Crippen LogP contribution in [0.25, 0.3) is 0 Å². The first kappa shape index (κ1) is 16.3. The molecule has 0 spiro atoms. The molecule has 0 aliphatic carbocycles. The van der Waals surface area contributed by atoms with E-state index in [-0.39, 0.29) is 17.9 Å². The molecule has 0 bridgehead atoms. The highest BCUT2D eigenvalue weighted by molar-refractivity contribution is 7.09. The number of rotatable bonds is 4. The zero-order valence-electron chi connectivity index (χ0n) is 14.1. The number of piperidine rings is 2. The van der Waals surface area contributed by atoms with Crippen molar-refractivity contribution in [1.82, 2.24) is 20.0 Å². The van der Waals surface area contributed by atoms with Crippen molar-refractivity contribution in [3.63, 3.8) is 0 Å². The summed E-state index contributed by atoms with van der Waals surface area (Å²) in [4.78, 5) is 30.3. The number of fused-ring (bicyclic) bond motifs is 1. The number of carbonyl (C=O) groups is 2. The molecule has 2 aliphatic rings. The van der Waals surface area contributed by atoms with Gasteiger partial charge in [0.15, 0.2) is 0 Å². The van der Waals surface area contributed by atoms with Crippen LogP contribution in [0.15, 0.2) is 29.8 Å². The van der Waals surface area contributed by atoms with Gasteiger partial charge in [0.05, 0.1) is 0 Å². The van der Waals surface area contributed by atoms with Gasteiger partial charge in [-0.3, -0.25) is 14.7 Å². The van der Waals surface area contributed by atoms with Crippen LogP contribution in [0.3, 0.4) is 0 Å². The van der Waals surface area contributed by atoms with Gasteiger partial charge in [-0.1, -0.05) is 6.07 Å². The number of likely N-dealkylation sites (tertiary alicyclic amines) is 2. The smallest absolute Gasteiger partial charge is 0.271 e. The highest BCUT2D eigenvalue weighted by Crippen LogP contribution is 2.32. The third-order valence-corrected chi connectivity index (χ3v) is 6.28. The number of nitrogens with zero attached hydrogens (tertiary/aromatic N) is 3. The molecular formula is C18H22N4O2S. The van der Waals surface area contributed by atoms with Crippen LogP contribution in [0.2, 0.25) is 0 Å². The summed E-state index contributed by atoms with van der Waals surface area (Å²) in [5, 5.41) is 8.70. The van der Waals surface area contributed by atoms with E-state index in [2.05, 4.69) is 32.6 Å². The summed E-state index contributed by atoms with van der Waals surface area (Å²) in [6.45, 7) is 2.21. The molecular weight excluding hydrogens is 336 g/mol. The summed E-state index contributed by atoms with van der Waals surface area (Å²) in [7, 11) is 0. The van der Waals surface area contributed by atoms with Gasteiger partial charge < -0.3 is 9.80 Å². The fourth-order valence-corrected chi connectivity index (χ4v) is 4.76.